The quantitative estimate of drug-likeness (QED) is 0.773. The molecule has 2 aromatic rings. The monoisotopic (exact) mass is 375 g/mol. The highest BCUT2D eigenvalue weighted by molar-refractivity contribution is 7.15. The van der Waals surface area contributed by atoms with Gasteiger partial charge in [-0.15, -0.1) is 10.2 Å². The van der Waals surface area contributed by atoms with Gasteiger partial charge in [-0.05, 0) is 26.2 Å². The minimum atomic E-state index is -4.49. The first-order valence-electron chi connectivity index (χ1n) is 7.74. The van der Waals surface area contributed by atoms with E-state index in [0.29, 0.717) is 41.5 Å². The van der Waals surface area contributed by atoms with Crippen molar-refractivity contribution in [2.24, 2.45) is 0 Å². The maximum absolute atomic E-state index is 12.5. The average molecular weight is 375 g/mol. The lowest BCUT2D eigenvalue weighted by atomic mass is 10.1. The number of hydrogen-bond acceptors (Lipinski definition) is 7. The van der Waals surface area contributed by atoms with Crippen molar-refractivity contribution in [1.82, 2.24) is 20.7 Å². The van der Waals surface area contributed by atoms with E-state index in [2.05, 4.69) is 26.0 Å². The number of nitrogens with one attached hydrogen (secondary N) is 2. The summed E-state index contributed by atoms with van der Waals surface area (Å²) in [5.41, 5.74) is 1.14. The highest BCUT2D eigenvalue weighted by atomic mass is 32.1. The summed E-state index contributed by atoms with van der Waals surface area (Å²) in [6.45, 7) is 2.14. The molecule has 2 heterocycles. The molecule has 0 aliphatic heterocycles. The first kappa shape index (κ1) is 17.6. The molecule has 7 nitrogen and oxygen atoms in total. The molecule has 1 saturated carbocycles. The molecule has 136 valence electrons. The number of amides is 1. The van der Waals surface area contributed by atoms with Crippen molar-refractivity contribution < 1.29 is 22.5 Å². The van der Waals surface area contributed by atoms with Crippen LogP contribution in [0.2, 0.25) is 0 Å². The molecule has 11 heteroatoms. The normalized spacial score (nSPS) is 15.8. The maximum Gasteiger partial charge on any atom is 0.445 e. The minimum Gasteiger partial charge on any atom is -0.364 e. The SMILES string of the molecule is C[C@@H](CCNC(=O)c1conc1C1CC1)Nc1nnc(C(F)(F)F)s1. The van der Waals surface area contributed by atoms with Crippen LogP contribution < -0.4 is 10.6 Å². The van der Waals surface area contributed by atoms with Crippen LogP contribution in [-0.4, -0.2) is 33.8 Å². The average Bonchev–Trinajstić information content (AvgIpc) is 3.07. The molecule has 1 amide bonds. The van der Waals surface area contributed by atoms with Gasteiger partial charge in [-0.3, -0.25) is 4.79 Å². The summed E-state index contributed by atoms with van der Waals surface area (Å²) in [5, 5.41) is 15.2. The van der Waals surface area contributed by atoms with E-state index < -0.39 is 11.2 Å². The van der Waals surface area contributed by atoms with Crippen molar-refractivity contribution in [3.8, 4) is 0 Å². The van der Waals surface area contributed by atoms with E-state index in [-0.39, 0.29) is 17.1 Å². The fourth-order valence-corrected chi connectivity index (χ4v) is 2.97. The zero-order valence-electron chi connectivity index (χ0n) is 13.3. The Balaban J connectivity index is 1.44. The molecular formula is C14H16F3N5O2S. The second-order valence-electron chi connectivity index (χ2n) is 5.89. The Kier molecular flexibility index (Phi) is 4.93. The Morgan fingerprint density at radius 2 is 2.20 bits per heavy atom. The number of anilines is 1. The molecule has 2 aromatic heterocycles. The highest BCUT2D eigenvalue weighted by Crippen LogP contribution is 2.40. The summed E-state index contributed by atoms with van der Waals surface area (Å²) < 4.78 is 42.3. The topological polar surface area (TPSA) is 92.9 Å². The van der Waals surface area contributed by atoms with E-state index in [1.54, 1.807) is 6.92 Å². The Morgan fingerprint density at radius 1 is 1.44 bits per heavy atom. The molecule has 0 radical (unpaired) electrons. The van der Waals surface area contributed by atoms with Gasteiger partial charge in [-0.1, -0.05) is 16.5 Å². The van der Waals surface area contributed by atoms with Crippen LogP contribution >= 0.6 is 11.3 Å². The van der Waals surface area contributed by atoms with Gasteiger partial charge in [-0.2, -0.15) is 13.2 Å². The summed E-state index contributed by atoms with van der Waals surface area (Å²) in [6, 6.07) is -0.181. The lowest BCUT2D eigenvalue weighted by Gasteiger charge is -2.12. The summed E-state index contributed by atoms with van der Waals surface area (Å²) in [4.78, 5) is 12.1. The Hall–Kier alpha value is -2.17. The lowest BCUT2D eigenvalue weighted by Crippen LogP contribution is -2.29. The molecule has 2 N–H and O–H groups in total. The molecule has 0 spiro atoms. The van der Waals surface area contributed by atoms with Gasteiger partial charge >= 0.3 is 6.18 Å². The van der Waals surface area contributed by atoms with Gasteiger partial charge < -0.3 is 15.2 Å². The first-order chi connectivity index (χ1) is 11.8. The summed E-state index contributed by atoms with van der Waals surface area (Å²) in [6.07, 6.45) is -0.626. The van der Waals surface area contributed by atoms with E-state index in [1.165, 1.54) is 6.26 Å². The van der Waals surface area contributed by atoms with Crippen molar-refractivity contribution in [2.75, 3.05) is 11.9 Å². The van der Waals surface area contributed by atoms with Crippen molar-refractivity contribution in [1.29, 1.82) is 0 Å². The molecule has 1 atom stereocenters. The number of rotatable bonds is 7. The Labute approximate surface area is 145 Å². The number of carbonyl (C=O) groups is 1. The van der Waals surface area contributed by atoms with Gasteiger partial charge in [0.1, 0.15) is 11.8 Å². The lowest BCUT2D eigenvalue weighted by molar-refractivity contribution is -0.138. The molecule has 0 unspecified atom stereocenters. The standard InChI is InChI=1S/C14H16F3N5O2S/c1-7(19-13-21-20-12(25-13)14(15,16)17)4-5-18-11(23)9-6-24-22-10(9)8-2-3-8/h6-8H,2-5H2,1H3,(H,18,23)(H,19,21)/t7-/m0/s1. The van der Waals surface area contributed by atoms with E-state index in [1.807, 2.05) is 0 Å². The fraction of sp³-hybridized carbons (Fsp3) is 0.571. The van der Waals surface area contributed by atoms with Crippen LogP contribution in [0.15, 0.2) is 10.8 Å². The van der Waals surface area contributed by atoms with Gasteiger partial charge in [0.15, 0.2) is 0 Å². The van der Waals surface area contributed by atoms with Crippen LogP contribution in [0.3, 0.4) is 0 Å². The Morgan fingerprint density at radius 3 is 2.84 bits per heavy atom. The number of alkyl halides is 3. The Bertz CT molecular complexity index is 741. The molecule has 1 fully saturated rings. The molecule has 1 aliphatic rings. The predicted molar refractivity (Wildman–Crippen MR) is 83.4 cm³/mol. The van der Waals surface area contributed by atoms with Gasteiger partial charge in [0.25, 0.3) is 5.91 Å². The van der Waals surface area contributed by atoms with Crippen LogP contribution in [0.1, 0.15) is 53.2 Å². The van der Waals surface area contributed by atoms with E-state index in [9.17, 15) is 18.0 Å². The summed E-state index contributed by atoms with van der Waals surface area (Å²) in [7, 11) is 0. The molecule has 0 aromatic carbocycles. The number of nitrogens with zero attached hydrogens (tertiary/aromatic N) is 3. The van der Waals surface area contributed by atoms with E-state index in [0.717, 1.165) is 12.8 Å². The first-order valence-corrected chi connectivity index (χ1v) is 8.56. The second kappa shape index (κ2) is 6.98. The fourth-order valence-electron chi connectivity index (χ4n) is 2.24. The van der Waals surface area contributed by atoms with Crippen molar-refractivity contribution in [2.45, 2.75) is 44.3 Å². The third kappa shape index (κ3) is 4.47. The predicted octanol–water partition coefficient (Wildman–Crippen LogP) is 3.04. The maximum atomic E-state index is 12.5. The van der Waals surface area contributed by atoms with Crippen LogP contribution in [-0.2, 0) is 6.18 Å². The molecule has 3 rings (SSSR count). The highest BCUT2D eigenvalue weighted by Gasteiger charge is 2.35. The van der Waals surface area contributed by atoms with Crippen LogP contribution in [0, 0.1) is 0 Å². The number of halogens is 3. The summed E-state index contributed by atoms with van der Waals surface area (Å²) in [5.74, 6) is 0.0472. The number of carbonyl (C=O) groups excluding carboxylic acids is 1. The van der Waals surface area contributed by atoms with Crippen molar-refractivity contribution in [3.63, 3.8) is 0 Å². The van der Waals surface area contributed by atoms with Crippen molar-refractivity contribution in [3.05, 3.63) is 22.5 Å². The minimum absolute atomic E-state index is 0.0983. The van der Waals surface area contributed by atoms with E-state index >= 15 is 0 Å². The number of hydrogen-bond donors (Lipinski definition) is 2. The largest absolute Gasteiger partial charge is 0.445 e. The van der Waals surface area contributed by atoms with Crippen molar-refractivity contribution >= 4 is 22.4 Å². The summed E-state index contributed by atoms with van der Waals surface area (Å²) >= 11 is 0.452. The van der Waals surface area contributed by atoms with Crippen LogP contribution in [0.25, 0.3) is 0 Å². The third-order valence-electron chi connectivity index (χ3n) is 3.71. The number of aromatic nitrogens is 3. The smallest absolute Gasteiger partial charge is 0.364 e. The molecular weight excluding hydrogens is 359 g/mol. The van der Waals surface area contributed by atoms with Crippen LogP contribution in [0.4, 0.5) is 18.3 Å². The van der Waals surface area contributed by atoms with E-state index in [4.69, 9.17) is 4.52 Å². The molecule has 25 heavy (non-hydrogen) atoms. The molecule has 0 saturated heterocycles. The van der Waals surface area contributed by atoms with Gasteiger partial charge in [-0.25, -0.2) is 0 Å². The van der Waals surface area contributed by atoms with Gasteiger partial charge in [0.2, 0.25) is 10.1 Å². The van der Waals surface area contributed by atoms with Crippen LogP contribution in [0.5, 0.6) is 0 Å². The molecule has 0 bridgehead atoms. The second-order valence-corrected chi connectivity index (χ2v) is 6.87. The zero-order chi connectivity index (χ0) is 18.0. The third-order valence-corrected chi connectivity index (χ3v) is 4.61. The molecule has 1 aliphatic carbocycles. The van der Waals surface area contributed by atoms with Gasteiger partial charge in [0, 0.05) is 18.5 Å². The zero-order valence-corrected chi connectivity index (χ0v) is 14.1. The van der Waals surface area contributed by atoms with Gasteiger partial charge in [0.05, 0.1) is 5.69 Å².